The van der Waals surface area contributed by atoms with E-state index in [1.165, 1.54) is 7.11 Å². The van der Waals surface area contributed by atoms with Gasteiger partial charge < -0.3 is 4.74 Å². The minimum Gasteiger partial charge on any atom is -0.385 e. The number of nitrogens with one attached hydrogen (secondary N) is 1. The predicted molar refractivity (Wildman–Crippen MR) is 65.8 cm³/mol. The molecule has 1 N–H and O–H groups in total. The third kappa shape index (κ3) is 4.91. The topological polar surface area (TPSA) is 68.3 Å². The molecule has 1 heterocycles. The maximum Gasteiger partial charge on any atom is 0.233 e. The molecule has 7 heteroatoms. The highest BCUT2D eigenvalue weighted by Gasteiger charge is 2.10. The van der Waals surface area contributed by atoms with Crippen LogP contribution in [0.3, 0.4) is 0 Å². The van der Waals surface area contributed by atoms with Crippen LogP contribution in [0.15, 0.2) is 22.8 Å². The Kier molecular flexibility index (Phi) is 5.17. The van der Waals surface area contributed by atoms with Crippen molar-refractivity contribution >= 4 is 31.8 Å². The molecule has 0 aromatic carbocycles. The number of anilines is 1. The van der Waals surface area contributed by atoms with Gasteiger partial charge in [0.2, 0.25) is 10.0 Å². The summed E-state index contributed by atoms with van der Waals surface area (Å²) in [6.45, 7) is 0.423. The molecule has 0 aliphatic carbocycles. The lowest BCUT2D eigenvalue weighted by molar-refractivity contribution is 0.199. The van der Waals surface area contributed by atoms with E-state index in [1.54, 1.807) is 18.2 Å². The summed E-state index contributed by atoms with van der Waals surface area (Å²) in [5.74, 6) is 0.335. The van der Waals surface area contributed by atoms with Crippen molar-refractivity contribution in [3.63, 3.8) is 0 Å². The molecule has 0 unspecified atom stereocenters. The lowest BCUT2D eigenvalue weighted by Gasteiger charge is -2.06. The predicted octanol–water partition coefficient (Wildman–Crippen LogP) is 1.62. The number of halogens is 1. The van der Waals surface area contributed by atoms with Gasteiger partial charge in [-0.15, -0.1) is 0 Å². The Morgan fingerprint density at radius 2 is 2.25 bits per heavy atom. The van der Waals surface area contributed by atoms with Gasteiger partial charge in [0.05, 0.1) is 5.75 Å². The average molecular weight is 309 g/mol. The molecule has 1 rings (SSSR count). The van der Waals surface area contributed by atoms with Gasteiger partial charge in [0, 0.05) is 13.7 Å². The largest absolute Gasteiger partial charge is 0.385 e. The van der Waals surface area contributed by atoms with Crippen LogP contribution in [-0.4, -0.2) is 32.9 Å². The maximum atomic E-state index is 11.6. The molecule has 1 aromatic heterocycles. The van der Waals surface area contributed by atoms with Gasteiger partial charge >= 0.3 is 0 Å². The lowest BCUT2D eigenvalue weighted by Crippen LogP contribution is -2.18. The third-order valence-corrected chi connectivity index (χ3v) is 3.52. The molecule has 5 nitrogen and oxygen atoms in total. The number of nitrogens with zero attached hydrogens (tertiary/aromatic N) is 1. The smallest absolute Gasteiger partial charge is 0.233 e. The number of ether oxygens (including phenoxy) is 1. The summed E-state index contributed by atoms with van der Waals surface area (Å²) in [7, 11) is -1.80. The first-order valence-electron chi connectivity index (χ1n) is 4.65. The van der Waals surface area contributed by atoms with Crippen molar-refractivity contribution in [1.29, 1.82) is 0 Å². The van der Waals surface area contributed by atoms with E-state index in [0.29, 0.717) is 23.4 Å². The highest BCUT2D eigenvalue weighted by atomic mass is 79.9. The van der Waals surface area contributed by atoms with Gasteiger partial charge in [0.15, 0.2) is 0 Å². The van der Waals surface area contributed by atoms with E-state index < -0.39 is 10.0 Å². The molecule has 90 valence electrons. The summed E-state index contributed by atoms with van der Waals surface area (Å²) < 4.78 is 30.9. The van der Waals surface area contributed by atoms with Crippen molar-refractivity contribution in [2.75, 3.05) is 24.2 Å². The monoisotopic (exact) mass is 308 g/mol. The van der Waals surface area contributed by atoms with Crippen LogP contribution in [0.4, 0.5) is 5.82 Å². The van der Waals surface area contributed by atoms with Crippen molar-refractivity contribution in [3.8, 4) is 0 Å². The van der Waals surface area contributed by atoms with Crippen LogP contribution in [0.25, 0.3) is 0 Å². The van der Waals surface area contributed by atoms with Crippen molar-refractivity contribution in [2.45, 2.75) is 6.42 Å². The van der Waals surface area contributed by atoms with E-state index >= 15 is 0 Å². The first kappa shape index (κ1) is 13.4. The fourth-order valence-corrected chi connectivity index (χ4v) is 2.44. The molecular formula is C9H13BrN2O3S. The Balaban J connectivity index is 2.59. The second kappa shape index (κ2) is 6.17. The molecule has 0 fully saturated rings. The minimum absolute atomic E-state index is 0.0229. The van der Waals surface area contributed by atoms with E-state index in [-0.39, 0.29) is 5.75 Å². The number of aromatic nitrogens is 1. The summed E-state index contributed by atoms with van der Waals surface area (Å²) in [5, 5.41) is 0. The zero-order valence-electron chi connectivity index (χ0n) is 8.81. The molecule has 0 saturated carbocycles. The van der Waals surface area contributed by atoms with Gasteiger partial charge in [-0.1, -0.05) is 6.07 Å². The van der Waals surface area contributed by atoms with E-state index in [2.05, 4.69) is 25.6 Å². The standard InChI is InChI=1S/C9H13BrN2O3S/c1-15-6-3-7-16(13,14)12-9-5-2-4-8(10)11-9/h2,4-5H,3,6-7H2,1H3,(H,11,12). The summed E-state index contributed by atoms with van der Waals surface area (Å²) in [6.07, 6.45) is 0.458. The molecule has 0 radical (unpaired) electrons. The minimum atomic E-state index is -3.34. The molecule has 0 aliphatic rings. The molecule has 0 saturated heterocycles. The fourth-order valence-electron chi connectivity index (χ4n) is 1.07. The van der Waals surface area contributed by atoms with Crippen LogP contribution in [0, 0.1) is 0 Å². The van der Waals surface area contributed by atoms with E-state index in [0.717, 1.165) is 0 Å². The molecule has 16 heavy (non-hydrogen) atoms. The lowest BCUT2D eigenvalue weighted by atomic mass is 10.5. The van der Waals surface area contributed by atoms with Gasteiger partial charge in [-0.2, -0.15) is 0 Å². The van der Waals surface area contributed by atoms with Crippen LogP contribution in [0.2, 0.25) is 0 Å². The van der Waals surface area contributed by atoms with Crippen LogP contribution in [0.5, 0.6) is 0 Å². The average Bonchev–Trinajstić information content (AvgIpc) is 2.17. The third-order valence-electron chi connectivity index (χ3n) is 1.74. The number of hydrogen-bond acceptors (Lipinski definition) is 4. The molecule has 0 aliphatic heterocycles. The number of methoxy groups -OCH3 is 1. The van der Waals surface area contributed by atoms with Crippen LogP contribution in [-0.2, 0) is 14.8 Å². The summed E-state index contributed by atoms with van der Waals surface area (Å²) in [4.78, 5) is 3.98. The highest BCUT2D eigenvalue weighted by molar-refractivity contribution is 9.10. The van der Waals surface area contributed by atoms with Gasteiger partial charge in [-0.25, -0.2) is 13.4 Å². The van der Waals surface area contributed by atoms with Crippen LogP contribution < -0.4 is 4.72 Å². The van der Waals surface area contributed by atoms with Crippen LogP contribution >= 0.6 is 15.9 Å². The maximum absolute atomic E-state index is 11.6. The van der Waals surface area contributed by atoms with Crippen molar-refractivity contribution < 1.29 is 13.2 Å². The molecule has 0 spiro atoms. The van der Waals surface area contributed by atoms with Crippen LogP contribution in [0.1, 0.15) is 6.42 Å². The van der Waals surface area contributed by atoms with Gasteiger partial charge in [0.1, 0.15) is 10.4 Å². The molecule has 1 aromatic rings. The van der Waals surface area contributed by atoms with Gasteiger partial charge in [-0.05, 0) is 34.5 Å². The zero-order chi connectivity index (χ0) is 12.0. The van der Waals surface area contributed by atoms with Crippen molar-refractivity contribution in [3.05, 3.63) is 22.8 Å². The quantitative estimate of drug-likeness (QED) is 0.640. The van der Waals surface area contributed by atoms with E-state index in [9.17, 15) is 8.42 Å². The van der Waals surface area contributed by atoms with Gasteiger partial charge in [0.25, 0.3) is 0 Å². The Bertz CT molecular complexity index is 436. The second-order valence-electron chi connectivity index (χ2n) is 3.11. The summed E-state index contributed by atoms with van der Waals surface area (Å²) in [5.41, 5.74) is 0. The molecule has 0 amide bonds. The summed E-state index contributed by atoms with van der Waals surface area (Å²) in [6, 6.07) is 5.03. The number of rotatable bonds is 6. The number of pyridine rings is 1. The van der Waals surface area contributed by atoms with Crippen molar-refractivity contribution in [1.82, 2.24) is 4.98 Å². The number of sulfonamides is 1. The fraction of sp³-hybridized carbons (Fsp3) is 0.444. The Morgan fingerprint density at radius 1 is 1.50 bits per heavy atom. The first-order valence-corrected chi connectivity index (χ1v) is 7.10. The molecule has 0 bridgehead atoms. The Morgan fingerprint density at radius 3 is 2.88 bits per heavy atom. The Hall–Kier alpha value is -0.660. The SMILES string of the molecule is COCCCS(=O)(=O)Nc1cccc(Br)n1. The summed E-state index contributed by atoms with van der Waals surface area (Å²) >= 11 is 3.17. The number of hydrogen-bond donors (Lipinski definition) is 1. The Labute approximate surface area is 103 Å². The second-order valence-corrected chi connectivity index (χ2v) is 5.77. The van der Waals surface area contributed by atoms with Crippen molar-refractivity contribution in [2.24, 2.45) is 0 Å². The first-order chi connectivity index (χ1) is 7.53. The zero-order valence-corrected chi connectivity index (χ0v) is 11.2. The molecular weight excluding hydrogens is 296 g/mol. The highest BCUT2D eigenvalue weighted by Crippen LogP contribution is 2.11. The van der Waals surface area contributed by atoms with E-state index in [4.69, 9.17) is 4.74 Å². The normalized spacial score (nSPS) is 11.4. The molecule has 0 atom stereocenters. The van der Waals surface area contributed by atoms with E-state index in [1.807, 2.05) is 0 Å². The van der Waals surface area contributed by atoms with Gasteiger partial charge in [-0.3, -0.25) is 4.72 Å².